The second-order valence-corrected chi connectivity index (χ2v) is 9.78. The largest absolute Gasteiger partial charge is 0.378 e. The van der Waals surface area contributed by atoms with Crippen molar-refractivity contribution in [2.24, 2.45) is 0 Å². The van der Waals surface area contributed by atoms with E-state index in [0.29, 0.717) is 18.2 Å². The van der Waals surface area contributed by atoms with Crippen molar-refractivity contribution >= 4 is 40.0 Å². The third kappa shape index (κ3) is 4.56. The van der Waals surface area contributed by atoms with Crippen molar-refractivity contribution in [3.8, 4) is 11.3 Å². The summed E-state index contributed by atoms with van der Waals surface area (Å²) in [5.41, 5.74) is 2.04. The van der Waals surface area contributed by atoms with Gasteiger partial charge < -0.3 is 19.4 Å². The Hall–Kier alpha value is -3.42. The van der Waals surface area contributed by atoms with Gasteiger partial charge in [0, 0.05) is 56.6 Å². The number of anilines is 3. The van der Waals surface area contributed by atoms with Crippen molar-refractivity contribution in [2.45, 2.75) is 13.0 Å². The highest BCUT2D eigenvalue weighted by Crippen LogP contribution is 2.31. The average Bonchev–Trinajstić information content (AvgIpc) is 2.93. The lowest BCUT2D eigenvalue weighted by molar-refractivity contribution is 0.122. The first kappa shape index (κ1) is 23.0. The van der Waals surface area contributed by atoms with Crippen molar-refractivity contribution in [1.29, 1.82) is 0 Å². The molecule has 2 aliphatic heterocycles. The molecule has 0 spiro atoms. The van der Waals surface area contributed by atoms with Crippen molar-refractivity contribution in [1.82, 2.24) is 15.0 Å². The Balaban J connectivity index is 1.35. The predicted octanol–water partition coefficient (Wildman–Crippen LogP) is 4.90. The summed E-state index contributed by atoms with van der Waals surface area (Å²) >= 11 is 6.44. The SMILES string of the molecule is C[C@@H]1CN(c2ncccc2Cl)CCN1c1cc(-c2ccc3ccccc3c2)nc(N2CCOCC2)n1. The number of ether oxygens (including phenoxy) is 1. The molecule has 1 atom stereocenters. The summed E-state index contributed by atoms with van der Waals surface area (Å²) < 4.78 is 5.58. The highest BCUT2D eigenvalue weighted by Gasteiger charge is 2.28. The molecular weight excluding hydrogens is 472 g/mol. The summed E-state index contributed by atoms with van der Waals surface area (Å²) in [6, 6.07) is 21.1. The molecule has 2 aromatic heterocycles. The second-order valence-electron chi connectivity index (χ2n) is 9.37. The number of aromatic nitrogens is 3. The minimum Gasteiger partial charge on any atom is -0.378 e. The zero-order valence-electron chi connectivity index (χ0n) is 20.3. The van der Waals surface area contributed by atoms with E-state index in [-0.39, 0.29) is 6.04 Å². The van der Waals surface area contributed by atoms with Crippen molar-refractivity contribution in [3.63, 3.8) is 0 Å². The van der Waals surface area contributed by atoms with Gasteiger partial charge in [0.05, 0.1) is 23.9 Å². The van der Waals surface area contributed by atoms with Gasteiger partial charge in [0.25, 0.3) is 0 Å². The molecule has 4 aromatic rings. The maximum Gasteiger partial charge on any atom is 0.228 e. The standard InChI is InChI=1S/C28H29ClN6O/c1-20-19-34(27-24(29)7-4-10-30-27)11-12-35(20)26-18-25(31-28(32-26)33-13-15-36-16-14-33)23-9-8-21-5-2-3-6-22(21)17-23/h2-10,17-18,20H,11-16,19H2,1H3/t20-/m1/s1. The molecule has 0 amide bonds. The van der Waals surface area contributed by atoms with E-state index < -0.39 is 0 Å². The van der Waals surface area contributed by atoms with E-state index >= 15 is 0 Å². The molecule has 36 heavy (non-hydrogen) atoms. The normalized spacial score (nSPS) is 18.6. The van der Waals surface area contributed by atoms with E-state index in [2.05, 4.69) is 75.1 Å². The van der Waals surface area contributed by atoms with Crippen LogP contribution in [0.3, 0.4) is 0 Å². The van der Waals surface area contributed by atoms with Crippen LogP contribution in [0.25, 0.3) is 22.0 Å². The first-order valence-electron chi connectivity index (χ1n) is 12.5. The number of piperazine rings is 1. The minimum atomic E-state index is 0.230. The Morgan fingerprint density at radius 3 is 2.50 bits per heavy atom. The van der Waals surface area contributed by atoms with Gasteiger partial charge in [0.2, 0.25) is 5.95 Å². The van der Waals surface area contributed by atoms with Gasteiger partial charge in [-0.1, -0.05) is 48.0 Å². The molecule has 2 aromatic carbocycles. The number of benzene rings is 2. The molecule has 4 heterocycles. The van der Waals surface area contributed by atoms with E-state index in [1.54, 1.807) is 6.20 Å². The Kier molecular flexibility index (Phi) is 6.34. The van der Waals surface area contributed by atoms with E-state index in [9.17, 15) is 0 Å². The van der Waals surface area contributed by atoms with Gasteiger partial charge in [-0.2, -0.15) is 4.98 Å². The van der Waals surface area contributed by atoms with Crippen LogP contribution in [0.2, 0.25) is 5.02 Å². The number of hydrogen-bond acceptors (Lipinski definition) is 7. The Morgan fingerprint density at radius 1 is 0.861 bits per heavy atom. The summed E-state index contributed by atoms with van der Waals surface area (Å²) in [4.78, 5) is 21.5. The molecule has 0 N–H and O–H groups in total. The molecule has 0 bridgehead atoms. The maximum absolute atomic E-state index is 6.44. The quantitative estimate of drug-likeness (QED) is 0.395. The van der Waals surface area contributed by atoms with Crippen LogP contribution in [0.1, 0.15) is 6.92 Å². The molecule has 6 rings (SSSR count). The molecular formula is C28H29ClN6O. The Labute approximate surface area is 216 Å². The van der Waals surface area contributed by atoms with Gasteiger partial charge in [-0.3, -0.25) is 0 Å². The third-order valence-electron chi connectivity index (χ3n) is 7.00. The van der Waals surface area contributed by atoms with Crippen molar-refractivity contribution in [2.75, 3.05) is 60.6 Å². The lowest BCUT2D eigenvalue weighted by atomic mass is 10.0. The lowest BCUT2D eigenvalue weighted by Crippen LogP contribution is -2.53. The molecule has 2 fully saturated rings. The van der Waals surface area contributed by atoms with Crippen LogP contribution in [0, 0.1) is 0 Å². The lowest BCUT2D eigenvalue weighted by Gasteiger charge is -2.41. The van der Waals surface area contributed by atoms with Gasteiger partial charge in [-0.05, 0) is 35.9 Å². The number of pyridine rings is 1. The van der Waals surface area contributed by atoms with Crippen LogP contribution in [0.5, 0.6) is 0 Å². The number of rotatable bonds is 4. The summed E-state index contributed by atoms with van der Waals surface area (Å²) in [5, 5.41) is 3.12. The van der Waals surface area contributed by atoms with Crippen LogP contribution < -0.4 is 14.7 Å². The average molecular weight is 501 g/mol. The highest BCUT2D eigenvalue weighted by molar-refractivity contribution is 6.32. The zero-order chi connectivity index (χ0) is 24.5. The molecule has 0 aliphatic carbocycles. The van der Waals surface area contributed by atoms with Gasteiger partial charge in [-0.25, -0.2) is 9.97 Å². The van der Waals surface area contributed by atoms with E-state index in [1.165, 1.54) is 10.8 Å². The van der Waals surface area contributed by atoms with Crippen LogP contribution in [0.4, 0.5) is 17.6 Å². The fourth-order valence-corrected chi connectivity index (χ4v) is 5.31. The van der Waals surface area contributed by atoms with Crippen LogP contribution >= 0.6 is 11.6 Å². The molecule has 8 heteroatoms. The van der Waals surface area contributed by atoms with E-state index in [4.69, 9.17) is 26.3 Å². The molecule has 0 unspecified atom stereocenters. The van der Waals surface area contributed by atoms with Gasteiger partial charge in [-0.15, -0.1) is 0 Å². The minimum absolute atomic E-state index is 0.230. The number of fused-ring (bicyclic) bond motifs is 1. The predicted molar refractivity (Wildman–Crippen MR) is 146 cm³/mol. The summed E-state index contributed by atoms with van der Waals surface area (Å²) in [6.07, 6.45) is 1.80. The monoisotopic (exact) mass is 500 g/mol. The first-order valence-corrected chi connectivity index (χ1v) is 12.9. The summed E-state index contributed by atoms with van der Waals surface area (Å²) in [6.45, 7) is 7.67. The van der Waals surface area contributed by atoms with Crippen LogP contribution in [-0.4, -0.2) is 66.9 Å². The highest BCUT2D eigenvalue weighted by atomic mass is 35.5. The van der Waals surface area contributed by atoms with Gasteiger partial charge in [0.1, 0.15) is 11.6 Å². The Morgan fingerprint density at radius 2 is 1.69 bits per heavy atom. The number of halogens is 1. The second kappa shape index (κ2) is 9.91. The van der Waals surface area contributed by atoms with Crippen molar-refractivity contribution < 1.29 is 4.74 Å². The molecule has 2 aliphatic rings. The summed E-state index contributed by atoms with van der Waals surface area (Å²) in [5.74, 6) is 2.56. The molecule has 0 radical (unpaired) electrons. The van der Waals surface area contributed by atoms with Gasteiger partial charge in [0.15, 0.2) is 0 Å². The van der Waals surface area contributed by atoms with Crippen molar-refractivity contribution in [3.05, 3.63) is 71.9 Å². The fourth-order valence-electron chi connectivity index (χ4n) is 5.07. The number of nitrogens with zero attached hydrogens (tertiary/aromatic N) is 6. The summed E-state index contributed by atoms with van der Waals surface area (Å²) in [7, 11) is 0. The maximum atomic E-state index is 6.44. The first-order chi connectivity index (χ1) is 17.7. The van der Waals surface area contributed by atoms with E-state index in [0.717, 1.165) is 61.6 Å². The Bertz CT molecular complexity index is 1380. The van der Waals surface area contributed by atoms with Gasteiger partial charge >= 0.3 is 0 Å². The molecule has 184 valence electrons. The molecule has 2 saturated heterocycles. The van der Waals surface area contributed by atoms with Crippen LogP contribution in [0.15, 0.2) is 66.9 Å². The molecule has 0 saturated carbocycles. The topological polar surface area (TPSA) is 57.6 Å². The van der Waals surface area contributed by atoms with E-state index in [1.807, 2.05) is 12.1 Å². The third-order valence-corrected chi connectivity index (χ3v) is 7.30. The van der Waals surface area contributed by atoms with Crippen LogP contribution in [-0.2, 0) is 4.74 Å². The molecule has 7 nitrogen and oxygen atoms in total. The zero-order valence-corrected chi connectivity index (χ0v) is 21.1. The number of morpholine rings is 1. The fraction of sp³-hybridized carbons (Fsp3) is 0.321. The number of hydrogen-bond donors (Lipinski definition) is 0. The smallest absolute Gasteiger partial charge is 0.228 e.